The zero-order valence-electron chi connectivity index (χ0n) is 12.1. The molecule has 0 radical (unpaired) electrons. The first-order chi connectivity index (χ1) is 8.53. The number of methoxy groups -OCH3 is 2. The van der Waals surface area contributed by atoms with Crippen LogP contribution in [0.3, 0.4) is 0 Å². The largest absolute Gasteiger partial charge is 0.496 e. The SMILES string of the molecule is CC[C@H](C)c1cc(OC)c(C[C@@H](C)N)cc1OC. The van der Waals surface area contributed by atoms with E-state index in [9.17, 15) is 0 Å². The van der Waals surface area contributed by atoms with Crippen LogP contribution >= 0.6 is 0 Å². The van der Waals surface area contributed by atoms with Gasteiger partial charge in [-0.05, 0) is 43.4 Å². The van der Waals surface area contributed by atoms with Crippen LogP contribution in [-0.2, 0) is 6.42 Å². The highest BCUT2D eigenvalue weighted by Gasteiger charge is 2.15. The summed E-state index contributed by atoms with van der Waals surface area (Å²) in [5.41, 5.74) is 8.17. The lowest BCUT2D eigenvalue weighted by atomic mass is 9.94. The van der Waals surface area contributed by atoms with E-state index in [2.05, 4.69) is 26.0 Å². The first kappa shape index (κ1) is 14.8. The molecule has 0 unspecified atom stereocenters. The summed E-state index contributed by atoms with van der Waals surface area (Å²) in [4.78, 5) is 0. The molecule has 3 heteroatoms. The van der Waals surface area contributed by atoms with E-state index in [0.29, 0.717) is 5.92 Å². The van der Waals surface area contributed by atoms with Gasteiger partial charge in [0.25, 0.3) is 0 Å². The second-order valence-electron chi connectivity index (χ2n) is 4.90. The molecule has 0 saturated heterocycles. The Morgan fingerprint density at radius 1 is 1.11 bits per heavy atom. The standard InChI is InChI=1S/C15H25NO2/c1-6-10(2)13-9-14(17-4)12(7-11(3)16)8-15(13)18-5/h8-11H,6-7,16H2,1-5H3/t10-,11+/m0/s1. The van der Waals surface area contributed by atoms with Crippen molar-refractivity contribution in [2.45, 2.75) is 45.6 Å². The van der Waals surface area contributed by atoms with Gasteiger partial charge in [-0.1, -0.05) is 13.8 Å². The van der Waals surface area contributed by atoms with Gasteiger partial charge < -0.3 is 15.2 Å². The third-order valence-electron chi connectivity index (χ3n) is 3.32. The minimum absolute atomic E-state index is 0.109. The van der Waals surface area contributed by atoms with E-state index in [1.54, 1.807) is 14.2 Å². The molecular formula is C15H25NO2. The van der Waals surface area contributed by atoms with E-state index < -0.39 is 0 Å². The lowest BCUT2D eigenvalue weighted by Gasteiger charge is -2.19. The highest BCUT2D eigenvalue weighted by atomic mass is 16.5. The zero-order valence-corrected chi connectivity index (χ0v) is 12.1. The normalized spacial score (nSPS) is 14.1. The molecule has 2 atom stereocenters. The van der Waals surface area contributed by atoms with E-state index in [0.717, 1.165) is 29.9 Å². The number of ether oxygens (including phenoxy) is 2. The maximum absolute atomic E-state index is 5.87. The second-order valence-corrected chi connectivity index (χ2v) is 4.90. The van der Waals surface area contributed by atoms with Gasteiger partial charge in [-0.3, -0.25) is 0 Å². The van der Waals surface area contributed by atoms with E-state index in [1.807, 2.05) is 6.92 Å². The number of nitrogens with two attached hydrogens (primary N) is 1. The van der Waals surface area contributed by atoms with Crippen molar-refractivity contribution < 1.29 is 9.47 Å². The number of rotatable bonds is 6. The molecule has 0 aliphatic rings. The summed E-state index contributed by atoms with van der Waals surface area (Å²) >= 11 is 0. The lowest BCUT2D eigenvalue weighted by Crippen LogP contribution is -2.18. The van der Waals surface area contributed by atoms with Crippen LogP contribution in [0.15, 0.2) is 12.1 Å². The summed E-state index contributed by atoms with van der Waals surface area (Å²) < 4.78 is 11.0. The molecule has 0 fully saturated rings. The van der Waals surface area contributed by atoms with Crippen LogP contribution in [0.1, 0.15) is 44.2 Å². The molecule has 102 valence electrons. The fraction of sp³-hybridized carbons (Fsp3) is 0.600. The smallest absolute Gasteiger partial charge is 0.122 e. The average molecular weight is 251 g/mol. The van der Waals surface area contributed by atoms with Crippen molar-refractivity contribution >= 4 is 0 Å². The Hall–Kier alpha value is -1.22. The molecular weight excluding hydrogens is 226 g/mol. The van der Waals surface area contributed by atoms with Gasteiger partial charge in [0.15, 0.2) is 0 Å². The van der Waals surface area contributed by atoms with Crippen LogP contribution in [0.25, 0.3) is 0 Å². The van der Waals surface area contributed by atoms with Gasteiger partial charge in [0.1, 0.15) is 11.5 Å². The van der Waals surface area contributed by atoms with Crippen molar-refractivity contribution in [2.24, 2.45) is 5.73 Å². The highest BCUT2D eigenvalue weighted by molar-refractivity contribution is 5.48. The van der Waals surface area contributed by atoms with Gasteiger partial charge in [0, 0.05) is 11.6 Å². The van der Waals surface area contributed by atoms with Gasteiger partial charge >= 0.3 is 0 Å². The van der Waals surface area contributed by atoms with E-state index in [4.69, 9.17) is 15.2 Å². The molecule has 0 aliphatic heterocycles. The number of hydrogen-bond acceptors (Lipinski definition) is 3. The molecule has 0 aliphatic carbocycles. The molecule has 1 rings (SSSR count). The highest BCUT2D eigenvalue weighted by Crippen LogP contribution is 2.35. The Balaban J connectivity index is 3.23. The van der Waals surface area contributed by atoms with Gasteiger partial charge in [-0.25, -0.2) is 0 Å². The van der Waals surface area contributed by atoms with E-state index in [1.165, 1.54) is 5.56 Å². The number of hydrogen-bond donors (Lipinski definition) is 1. The van der Waals surface area contributed by atoms with Crippen molar-refractivity contribution in [3.63, 3.8) is 0 Å². The van der Waals surface area contributed by atoms with E-state index in [-0.39, 0.29) is 6.04 Å². The summed E-state index contributed by atoms with van der Waals surface area (Å²) in [6.07, 6.45) is 1.87. The minimum Gasteiger partial charge on any atom is -0.496 e. The molecule has 0 amide bonds. The maximum Gasteiger partial charge on any atom is 0.122 e. The molecule has 0 spiro atoms. The molecule has 2 N–H and O–H groups in total. The predicted molar refractivity (Wildman–Crippen MR) is 75.6 cm³/mol. The summed E-state index contributed by atoms with van der Waals surface area (Å²) in [5, 5.41) is 0. The third kappa shape index (κ3) is 3.39. The van der Waals surface area contributed by atoms with Crippen LogP contribution in [-0.4, -0.2) is 20.3 Å². The Labute approximate surface area is 110 Å². The first-order valence-electron chi connectivity index (χ1n) is 6.53. The first-order valence-corrected chi connectivity index (χ1v) is 6.53. The summed E-state index contributed by atoms with van der Waals surface area (Å²) in [5.74, 6) is 2.29. The third-order valence-corrected chi connectivity index (χ3v) is 3.32. The molecule has 3 nitrogen and oxygen atoms in total. The summed E-state index contributed by atoms with van der Waals surface area (Å²) in [6, 6.07) is 4.26. The molecule has 1 aromatic rings. The Bertz CT molecular complexity index is 388. The monoisotopic (exact) mass is 251 g/mol. The number of benzene rings is 1. The van der Waals surface area contributed by atoms with Crippen molar-refractivity contribution in [1.29, 1.82) is 0 Å². The molecule has 1 aromatic carbocycles. The Morgan fingerprint density at radius 2 is 1.72 bits per heavy atom. The van der Waals surface area contributed by atoms with Crippen molar-refractivity contribution in [3.05, 3.63) is 23.3 Å². The van der Waals surface area contributed by atoms with Crippen LogP contribution in [0.4, 0.5) is 0 Å². The van der Waals surface area contributed by atoms with Crippen molar-refractivity contribution in [2.75, 3.05) is 14.2 Å². The van der Waals surface area contributed by atoms with Crippen LogP contribution in [0.5, 0.6) is 11.5 Å². The van der Waals surface area contributed by atoms with Gasteiger partial charge in [-0.2, -0.15) is 0 Å². The van der Waals surface area contributed by atoms with Gasteiger partial charge in [0.05, 0.1) is 14.2 Å². The van der Waals surface area contributed by atoms with Crippen LogP contribution in [0, 0.1) is 0 Å². The Morgan fingerprint density at radius 3 is 2.17 bits per heavy atom. The average Bonchev–Trinajstić information content (AvgIpc) is 2.36. The maximum atomic E-state index is 5.87. The molecule has 0 heterocycles. The minimum atomic E-state index is 0.109. The molecule has 0 aromatic heterocycles. The predicted octanol–water partition coefficient (Wildman–Crippen LogP) is 3.11. The fourth-order valence-electron chi connectivity index (χ4n) is 2.10. The van der Waals surface area contributed by atoms with E-state index >= 15 is 0 Å². The molecule has 0 bridgehead atoms. The molecule has 18 heavy (non-hydrogen) atoms. The van der Waals surface area contributed by atoms with Gasteiger partial charge in [0.2, 0.25) is 0 Å². The van der Waals surface area contributed by atoms with Crippen LogP contribution < -0.4 is 15.2 Å². The zero-order chi connectivity index (χ0) is 13.7. The molecule has 0 saturated carbocycles. The quantitative estimate of drug-likeness (QED) is 0.845. The van der Waals surface area contributed by atoms with Crippen molar-refractivity contribution in [1.82, 2.24) is 0 Å². The van der Waals surface area contributed by atoms with Crippen molar-refractivity contribution in [3.8, 4) is 11.5 Å². The second kappa shape index (κ2) is 6.64. The lowest BCUT2D eigenvalue weighted by molar-refractivity contribution is 0.391. The topological polar surface area (TPSA) is 44.5 Å². The Kier molecular flexibility index (Phi) is 5.48. The van der Waals surface area contributed by atoms with Crippen LogP contribution in [0.2, 0.25) is 0 Å². The summed E-state index contributed by atoms with van der Waals surface area (Å²) in [7, 11) is 3.41. The summed E-state index contributed by atoms with van der Waals surface area (Å²) in [6.45, 7) is 6.36. The van der Waals surface area contributed by atoms with Gasteiger partial charge in [-0.15, -0.1) is 0 Å². The fourth-order valence-corrected chi connectivity index (χ4v) is 2.10.